The summed E-state index contributed by atoms with van der Waals surface area (Å²) in [5.74, 6) is -0.611. The van der Waals surface area contributed by atoms with E-state index in [1.54, 1.807) is 13.8 Å². The number of carbonyl (C=O) groups is 2. The fraction of sp³-hybridized carbons (Fsp3) is 0.333. The van der Waals surface area contributed by atoms with Crippen molar-refractivity contribution in [3.8, 4) is 0 Å². The average molecular weight is 430 g/mol. The van der Waals surface area contributed by atoms with Crippen LogP contribution in [0.5, 0.6) is 0 Å². The zero-order valence-corrected chi connectivity index (χ0v) is 18.7. The summed E-state index contributed by atoms with van der Waals surface area (Å²) in [6, 6.07) is 8.12. The van der Waals surface area contributed by atoms with Crippen LogP contribution in [0.15, 0.2) is 29.3 Å². The summed E-state index contributed by atoms with van der Waals surface area (Å²) in [5, 5.41) is 4.73. The van der Waals surface area contributed by atoms with Crippen molar-refractivity contribution in [2.75, 3.05) is 11.9 Å². The Bertz CT molecular complexity index is 1080. The highest BCUT2D eigenvalue weighted by molar-refractivity contribution is 8.00. The molecule has 0 fully saturated rings. The first kappa shape index (κ1) is 21.3. The summed E-state index contributed by atoms with van der Waals surface area (Å²) in [5.41, 5.74) is 3.74. The maximum absolute atomic E-state index is 12.6. The van der Waals surface area contributed by atoms with Gasteiger partial charge < -0.3 is 10.1 Å². The van der Waals surface area contributed by atoms with Gasteiger partial charge in [0.05, 0.1) is 28.1 Å². The van der Waals surface area contributed by atoms with Gasteiger partial charge in [-0.1, -0.05) is 41.3 Å². The topological polar surface area (TPSA) is 81.2 Å². The molecule has 3 aromatic rings. The van der Waals surface area contributed by atoms with E-state index >= 15 is 0 Å². The van der Waals surface area contributed by atoms with Crippen LogP contribution in [0.25, 0.3) is 10.9 Å². The zero-order chi connectivity index (χ0) is 21.1. The predicted molar refractivity (Wildman–Crippen MR) is 118 cm³/mol. The standard InChI is InChI=1S/C21H23N3O3S2/c1-6-27-20(26)18-13(4)22-21(29-18)24-19(25)14(5)28-16-10-12(3)15-9-7-8-11(2)17(15)23-16/h7-10,14H,6H2,1-5H3,(H,22,24,25). The molecule has 0 saturated carbocycles. The monoisotopic (exact) mass is 429 g/mol. The number of hydrogen-bond donors (Lipinski definition) is 1. The van der Waals surface area contributed by atoms with E-state index in [9.17, 15) is 9.59 Å². The number of para-hydroxylation sites is 1. The summed E-state index contributed by atoms with van der Waals surface area (Å²) in [6.45, 7) is 9.67. The van der Waals surface area contributed by atoms with Crippen molar-refractivity contribution >= 4 is 51.0 Å². The number of nitrogens with one attached hydrogen (secondary N) is 1. The van der Waals surface area contributed by atoms with Crippen molar-refractivity contribution in [1.29, 1.82) is 0 Å². The van der Waals surface area contributed by atoms with Gasteiger partial charge in [-0.2, -0.15) is 0 Å². The van der Waals surface area contributed by atoms with Crippen molar-refractivity contribution in [3.05, 3.63) is 46.0 Å². The second-order valence-electron chi connectivity index (χ2n) is 6.65. The Hall–Kier alpha value is -2.45. The van der Waals surface area contributed by atoms with Crippen LogP contribution in [0.1, 0.15) is 40.3 Å². The summed E-state index contributed by atoms with van der Waals surface area (Å²) in [6.07, 6.45) is 0. The van der Waals surface area contributed by atoms with E-state index in [4.69, 9.17) is 9.72 Å². The first-order valence-corrected chi connectivity index (χ1v) is 11.0. The van der Waals surface area contributed by atoms with E-state index < -0.39 is 5.97 Å². The largest absolute Gasteiger partial charge is 0.462 e. The van der Waals surface area contributed by atoms with E-state index in [1.165, 1.54) is 11.8 Å². The number of thioether (sulfide) groups is 1. The van der Waals surface area contributed by atoms with Gasteiger partial charge in [-0.3, -0.25) is 4.79 Å². The number of rotatable bonds is 6. The Kier molecular flexibility index (Phi) is 6.54. The summed E-state index contributed by atoms with van der Waals surface area (Å²) in [7, 11) is 0. The molecule has 0 spiro atoms. The molecule has 1 N–H and O–H groups in total. The van der Waals surface area contributed by atoms with Gasteiger partial charge >= 0.3 is 5.97 Å². The number of fused-ring (bicyclic) bond motifs is 1. The van der Waals surface area contributed by atoms with Crippen molar-refractivity contribution < 1.29 is 14.3 Å². The molecule has 1 unspecified atom stereocenters. The number of anilines is 1. The number of amides is 1. The third-order valence-electron chi connectivity index (χ3n) is 4.38. The number of carbonyl (C=O) groups excluding carboxylic acids is 2. The summed E-state index contributed by atoms with van der Waals surface area (Å²) >= 11 is 2.52. The van der Waals surface area contributed by atoms with Gasteiger partial charge in [0, 0.05) is 5.39 Å². The van der Waals surface area contributed by atoms with Gasteiger partial charge in [-0.25, -0.2) is 14.8 Å². The van der Waals surface area contributed by atoms with Crippen LogP contribution in [0.4, 0.5) is 5.13 Å². The Balaban J connectivity index is 1.73. The van der Waals surface area contributed by atoms with Gasteiger partial charge in [0.25, 0.3) is 0 Å². The van der Waals surface area contributed by atoms with Crippen molar-refractivity contribution in [2.45, 2.75) is 44.9 Å². The van der Waals surface area contributed by atoms with Crippen LogP contribution in [-0.2, 0) is 9.53 Å². The van der Waals surface area contributed by atoms with Crippen LogP contribution < -0.4 is 5.32 Å². The smallest absolute Gasteiger partial charge is 0.350 e. The number of hydrogen-bond acceptors (Lipinski definition) is 7. The number of esters is 1. The van der Waals surface area contributed by atoms with Gasteiger partial charge in [0.2, 0.25) is 5.91 Å². The molecular formula is C21H23N3O3S2. The minimum Gasteiger partial charge on any atom is -0.462 e. The van der Waals surface area contributed by atoms with Crippen LogP contribution in [0, 0.1) is 20.8 Å². The summed E-state index contributed by atoms with van der Waals surface area (Å²) < 4.78 is 5.02. The highest BCUT2D eigenvalue weighted by Gasteiger charge is 2.21. The van der Waals surface area contributed by atoms with Crippen molar-refractivity contribution in [1.82, 2.24) is 9.97 Å². The number of pyridine rings is 1. The Labute approximate surface area is 178 Å². The molecule has 1 amide bonds. The van der Waals surface area contributed by atoms with Crippen LogP contribution in [0.2, 0.25) is 0 Å². The molecular weight excluding hydrogens is 406 g/mol. The molecule has 0 aliphatic carbocycles. The van der Waals surface area contributed by atoms with Crippen LogP contribution in [-0.4, -0.2) is 33.7 Å². The molecule has 1 atom stereocenters. The molecule has 8 heteroatoms. The fourth-order valence-electron chi connectivity index (χ4n) is 2.87. The number of aryl methyl sites for hydroxylation is 3. The number of nitrogens with zero attached hydrogens (tertiary/aromatic N) is 2. The first-order valence-electron chi connectivity index (χ1n) is 9.29. The molecule has 1 aromatic carbocycles. The quantitative estimate of drug-likeness (QED) is 0.443. The van der Waals surface area contributed by atoms with E-state index in [0.717, 1.165) is 38.4 Å². The van der Waals surface area contributed by atoms with E-state index in [0.29, 0.717) is 22.3 Å². The zero-order valence-electron chi connectivity index (χ0n) is 17.0. The minimum atomic E-state index is -0.420. The molecule has 0 aliphatic rings. The van der Waals surface area contributed by atoms with Crippen LogP contribution in [0.3, 0.4) is 0 Å². The van der Waals surface area contributed by atoms with Gasteiger partial charge in [-0.05, 0) is 51.8 Å². The molecule has 2 heterocycles. The molecule has 0 saturated heterocycles. The van der Waals surface area contributed by atoms with E-state index in [2.05, 4.69) is 16.4 Å². The molecule has 6 nitrogen and oxygen atoms in total. The molecule has 152 valence electrons. The minimum absolute atomic E-state index is 0.191. The Morgan fingerprint density at radius 1 is 1.21 bits per heavy atom. The number of thiazole rings is 1. The highest BCUT2D eigenvalue weighted by Crippen LogP contribution is 2.29. The Morgan fingerprint density at radius 3 is 2.69 bits per heavy atom. The number of ether oxygens (including phenoxy) is 1. The molecule has 0 aliphatic heterocycles. The molecule has 3 rings (SSSR count). The molecule has 29 heavy (non-hydrogen) atoms. The normalized spacial score (nSPS) is 12.0. The van der Waals surface area contributed by atoms with Gasteiger partial charge in [0.15, 0.2) is 5.13 Å². The third kappa shape index (κ3) is 4.76. The predicted octanol–water partition coefficient (Wildman–Crippen LogP) is 4.91. The lowest BCUT2D eigenvalue weighted by molar-refractivity contribution is -0.115. The number of aromatic nitrogens is 2. The van der Waals surface area contributed by atoms with Gasteiger partial charge in [0.1, 0.15) is 4.88 Å². The fourth-order valence-corrected chi connectivity index (χ4v) is 4.65. The number of benzene rings is 1. The van der Waals surface area contributed by atoms with E-state index in [-0.39, 0.29) is 11.2 Å². The van der Waals surface area contributed by atoms with Crippen molar-refractivity contribution in [2.24, 2.45) is 0 Å². The molecule has 2 aromatic heterocycles. The second-order valence-corrected chi connectivity index (χ2v) is 9.01. The SMILES string of the molecule is CCOC(=O)c1sc(NC(=O)C(C)Sc2cc(C)c3cccc(C)c3n2)nc1C. The van der Waals surface area contributed by atoms with Gasteiger partial charge in [-0.15, -0.1) is 0 Å². The summed E-state index contributed by atoms with van der Waals surface area (Å²) in [4.78, 5) is 34.0. The third-order valence-corrected chi connectivity index (χ3v) is 6.45. The average Bonchev–Trinajstić information content (AvgIpc) is 3.03. The maximum Gasteiger partial charge on any atom is 0.350 e. The lowest BCUT2D eigenvalue weighted by atomic mass is 10.1. The van der Waals surface area contributed by atoms with Crippen molar-refractivity contribution in [3.63, 3.8) is 0 Å². The lowest BCUT2D eigenvalue weighted by Crippen LogP contribution is -2.22. The second kappa shape index (κ2) is 8.92. The maximum atomic E-state index is 12.6. The Morgan fingerprint density at radius 2 is 1.97 bits per heavy atom. The van der Waals surface area contributed by atoms with E-state index in [1.807, 2.05) is 39.0 Å². The molecule has 0 bridgehead atoms. The van der Waals surface area contributed by atoms with Crippen LogP contribution >= 0.6 is 23.1 Å². The molecule has 0 radical (unpaired) electrons. The lowest BCUT2D eigenvalue weighted by Gasteiger charge is -2.12. The highest BCUT2D eigenvalue weighted by atomic mass is 32.2. The first-order chi connectivity index (χ1) is 13.8.